The Balaban J connectivity index is 1.59. The number of carbonyl (C=O) groups excluding carboxylic acids is 2. The van der Waals surface area contributed by atoms with Gasteiger partial charge in [0.15, 0.2) is 0 Å². The monoisotopic (exact) mass is 423 g/mol. The van der Waals surface area contributed by atoms with Crippen LogP contribution >= 0.6 is 0 Å². The van der Waals surface area contributed by atoms with Crippen molar-refractivity contribution in [2.24, 2.45) is 11.8 Å². The van der Waals surface area contributed by atoms with Crippen LogP contribution in [0.25, 0.3) is 11.1 Å². The van der Waals surface area contributed by atoms with E-state index < -0.39 is 17.9 Å². The van der Waals surface area contributed by atoms with Gasteiger partial charge in [-0.3, -0.25) is 14.4 Å². The van der Waals surface area contributed by atoms with Crippen molar-refractivity contribution in [3.8, 4) is 11.1 Å². The van der Waals surface area contributed by atoms with Crippen LogP contribution in [0.5, 0.6) is 0 Å². The first-order chi connectivity index (χ1) is 14.8. The summed E-state index contributed by atoms with van der Waals surface area (Å²) in [6.07, 6.45) is 0.417. The number of ether oxygens (including phenoxy) is 1. The number of hydrogen-bond acceptors (Lipinski definition) is 4. The molecule has 2 aromatic rings. The number of carbonyl (C=O) groups is 3. The van der Waals surface area contributed by atoms with Gasteiger partial charge in [0.1, 0.15) is 12.6 Å². The highest BCUT2D eigenvalue weighted by Gasteiger charge is 2.30. The molecule has 0 bridgehead atoms. The second-order valence-corrected chi connectivity index (χ2v) is 8.37. The average molecular weight is 424 g/mol. The maximum Gasteiger partial charge on any atom is 0.325 e. The first-order valence-corrected chi connectivity index (χ1v) is 10.7. The molecule has 0 heterocycles. The number of amides is 1. The standard InChI is InChI=1S/C25H29NO5/c1-15(2)17(24(28)26-16(3)25(29)30)12-13-23(27)31-14-22-20-10-6-4-8-18(20)19-9-5-7-11-21(19)22/h4-11,15-17,22H,12-14H2,1-3H3,(H,26,28)(H,29,30). The van der Waals surface area contributed by atoms with Gasteiger partial charge in [0, 0.05) is 18.3 Å². The van der Waals surface area contributed by atoms with Crippen molar-refractivity contribution in [3.05, 3.63) is 59.7 Å². The summed E-state index contributed by atoms with van der Waals surface area (Å²) in [4.78, 5) is 35.9. The zero-order chi connectivity index (χ0) is 22.5. The van der Waals surface area contributed by atoms with Crippen molar-refractivity contribution in [2.45, 2.75) is 45.6 Å². The lowest BCUT2D eigenvalue weighted by Gasteiger charge is -2.21. The van der Waals surface area contributed by atoms with E-state index in [0.29, 0.717) is 6.42 Å². The van der Waals surface area contributed by atoms with Crippen LogP contribution in [0, 0.1) is 11.8 Å². The predicted molar refractivity (Wildman–Crippen MR) is 117 cm³/mol. The molecular formula is C25H29NO5. The number of carboxylic acids is 1. The molecule has 31 heavy (non-hydrogen) atoms. The molecule has 0 fully saturated rings. The molecule has 0 spiro atoms. The molecule has 3 rings (SSSR count). The maximum atomic E-state index is 12.5. The first-order valence-electron chi connectivity index (χ1n) is 10.7. The predicted octanol–water partition coefficient (Wildman–Crippen LogP) is 3.98. The van der Waals surface area contributed by atoms with E-state index in [-0.39, 0.29) is 36.7 Å². The van der Waals surface area contributed by atoms with E-state index in [1.807, 2.05) is 38.1 Å². The number of nitrogens with one attached hydrogen (secondary N) is 1. The van der Waals surface area contributed by atoms with Crippen molar-refractivity contribution in [1.82, 2.24) is 5.32 Å². The Hall–Kier alpha value is -3.15. The molecule has 0 aromatic heterocycles. The minimum absolute atomic E-state index is 0.00281. The number of aliphatic carboxylic acids is 1. The van der Waals surface area contributed by atoms with Crippen LogP contribution in [0.15, 0.2) is 48.5 Å². The van der Waals surface area contributed by atoms with Crippen LogP contribution in [-0.2, 0) is 19.1 Å². The van der Waals surface area contributed by atoms with Crippen molar-refractivity contribution in [1.29, 1.82) is 0 Å². The fourth-order valence-corrected chi connectivity index (χ4v) is 4.11. The molecule has 0 saturated heterocycles. The summed E-state index contributed by atoms with van der Waals surface area (Å²) in [6, 6.07) is 15.3. The second-order valence-electron chi connectivity index (χ2n) is 8.37. The van der Waals surface area contributed by atoms with Crippen molar-refractivity contribution in [3.63, 3.8) is 0 Å². The Kier molecular flexibility index (Phi) is 7.10. The molecule has 1 amide bonds. The summed E-state index contributed by atoms with van der Waals surface area (Å²) in [5, 5.41) is 11.5. The van der Waals surface area contributed by atoms with Gasteiger partial charge < -0.3 is 15.2 Å². The Morgan fingerprint density at radius 3 is 2.03 bits per heavy atom. The first kappa shape index (κ1) is 22.5. The lowest BCUT2D eigenvalue weighted by molar-refractivity contribution is -0.145. The Labute approximate surface area is 182 Å². The molecule has 0 saturated carbocycles. The molecule has 0 aliphatic heterocycles. The van der Waals surface area contributed by atoms with Crippen LogP contribution in [0.2, 0.25) is 0 Å². The number of benzene rings is 2. The smallest absolute Gasteiger partial charge is 0.325 e. The van der Waals surface area contributed by atoms with Gasteiger partial charge in [-0.1, -0.05) is 62.4 Å². The minimum atomic E-state index is -1.09. The molecule has 1 aliphatic carbocycles. The van der Waals surface area contributed by atoms with Gasteiger partial charge in [-0.25, -0.2) is 0 Å². The van der Waals surface area contributed by atoms with E-state index in [9.17, 15) is 14.4 Å². The van der Waals surface area contributed by atoms with E-state index >= 15 is 0 Å². The normalized spacial score (nSPS) is 14.5. The van der Waals surface area contributed by atoms with E-state index in [1.165, 1.54) is 18.1 Å². The van der Waals surface area contributed by atoms with E-state index in [1.54, 1.807) is 0 Å². The Morgan fingerprint density at radius 2 is 1.52 bits per heavy atom. The lowest BCUT2D eigenvalue weighted by Crippen LogP contribution is -2.43. The van der Waals surface area contributed by atoms with Crippen molar-refractivity contribution >= 4 is 17.8 Å². The van der Waals surface area contributed by atoms with Gasteiger partial charge in [0.05, 0.1) is 0 Å². The third-order valence-electron chi connectivity index (χ3n) is 5.90. The highest BCUT2D eigenvalue weighted by molar-refractivity contribution is 5.85. The zero-order valence-corrected chi connectivity index (χ0v) is 18.1. The maximum absolute atomic E-state index is 12.5. The molecule has 2 unspecified atom stereocenters. The summed E-state index contributed by atoms with van der Waals surface area (Å²) in [5.41, 5.74) is 4.64. The highest BCUT2D eigenvalue weighted by Crippen LogP contribution is 2.44. The summed E-state index contributed by atoms with van der Waals surface area (Å²) in [6.45, 7) is 5.44. The number of esters is 1. The molecule has 6 heteroatoms. The minimum Gasteiger partial charge on any atom is -0.480 e. The van der Waals surface area contributed by atoms with Crippen molar-refractivity contribution in [2.75, 3.05) is 6.61 Å². The van der Waals surface area contributed by atoms with Gasteiger partial charge in [-0.05, 0) is 41.5 Å². The van der Waals surface area contributed by atoms with Gasteiger partial charge in [0.2, 0.25) is 5.91 Å². The quantitative estimate of drug-likeness (QED) is 0.595. The summed E-state index contributed by atoms with van der Waals surface area (Å²) < 4.78 is 5.60. The van der Waals surface area contributed by atoms with Gasteiger partial charge in [-0.2, -0.15) is 0 Å². The number of rotatable bonds is 9. The van der Waals surface area contributed by atoms with Gasteiger partial charge >= 0.3 is 11.9 Å². The van der Waals surface area contributed by atoms with E-state index in [0.717, 1.165) is 11.1 Å². The molecule has 6 nitrogen and oxygen atoms in total. The van der Waals surface area contributed by atoms with Crippen LogP contribution in [0.3, 0.4) is 0 Å². The van der Waals surface area contributed by atoms with Gasteiger partial charge in [-0.15, -0.1) is 0 Å². The fraction of sp³-hybridized carbons (Fsp3) is 0.400. The molecule has 2 aromatic carbocycles. The number of fused-ring (bicyclic) bond motifs is 3. The van der Waals surface area contributed by atoms with E-state index in [4.69, 9.17) is 9.84 Å². The summed E-state index contributed by atoms with van der Waals surface area (Å²) in [7, 11) is 0. The number of carboxylic acid groups (broad SMARTS) is 1. The zero-order valence-electron chi connectivity index (χ0n) is 18.1. The number of hydrogen-bond donors (Lipinski definition) is 2. The van der Waals surface area contributed by atoms with Crippen LogP contribution in [0.1, 0.15) is 50.7 Å². The second kappa shape index (κ2) is 9.77. The largest absolute Gasteiger partial charge is 0.480 e. The average Bonchev–Trinajstić information content (AvgIpc) is 3.06. The molecule has 2 atom stereocenters. The van der Waals surface area contributed by atoms with Crippen LogP contribution < -0.4 is 5.32 Å². The van der Waals surface area contributed by atoms with Crippen molar-refractivity contribution < 1.29 is 24.2 Å². The topological polar surface area (TPSA) is 92.7 Å². The Morgan fingerprint density at radius 1 is 0.968 bits per heavy atom. The highest BCUT2D eigenvalue weighted by atomic mass is 16.5. The molecule has 2 N–H and O–H groups in total. The lowest BCUT2D eigenvalue weighted by atomic mass is 9.90. The molecule has 1 aliphatic rings. The van der Waals surface area contributed by atoms with Crippen LogP contribution in [-0.4, -0.2) is 35.6 Å². The SMILES string of the molecule is CC(NC(=O)C(CCC(=O)OCC1c2ccccc2-c2ccccc21)C(C)C)C(=O)O. The van der Waals surface area contributed by atoms with Gasteiger partial charge in [0.25, 0.3) is 0 Å². The molecule has 0 radical (unpaired) electrons. The summed E-state index contributed by atoms with van der Waals surface area (Å²) in [5.74, 6) is -2.28. The fourth-order valence-electron chi connectivity index (χ4n) is 4.11. The molecular weight excluding hydrogens is 394 g/mol. The molecule has 164 valence electrons. The Bertz CT molecular complexity index is 922. The summed E-state index contributed by atoms with van der Waals surface area (Å²) >= 11 is 0. The third kappa shape index (κ3) is 5.13. The third-order valence-corrected chi connectivity index (χ3v) is 5.90. The van der Waals surface area contributed by atoms with E-state index in [2.05, 4.69) is 29.6 Å². The van der Waals surface area contributed by atoms with Crippen LogP contribution in [0.4, 0.5) is 0 Å².